The normalized spacial score (nSPS) is 17.3. The van der Waals surface area contributed by atoms with Crippen molar-refractivity contribution in [2.24, 2.45) is 5.92 Å². The molecule has 1 fully saturated rings. The fraction of sp³-hybridized carbons (Fsp3) is 0.294. The molecule has 1 N–H and O–H groups in total. The maximum Gasteiger partial charge on any atom is 0.229 e. The summed E-state index contributed by atoms with van der Waals surface area (Å²) in [6.07, 6.45) is 4.84. The van der Waals surface area contributed by atoms with Crippen LogP contribution in [0.2, 0.25) is 0 Å². The van der Waals surface area contributed by atoms with Gasteiger partial charge in [0.2, 0.25) is 5.91 Å². The molecule has 1 unspecified atom stereocenters. The van der Waals surface area contributed by atoms with Crippen LogP contribution in [-0.4, -0.2) is 29.0 Å². The smallest absolute Gasteiger partial charge is 0.229 e. The first-order valence-electron chi connectivity index (χ1n) is 7.59. The van der Waals surface area contributed by atoms with E-state index in [1.54, 1.807) is 6.20 Å². The zero-order valence-corrected chi connectivity index (χ0v) is 12.6. The summed E-state index contributed by atoms with van der Waals surface area (Å²) in [6.45, 7) is 1.45. The number of benzene rings is 1. The first-order valence-corrected chi connectivity index (χ1v) is 7.59. The maximum atomic E-state index is 12.4. The second-order valence-electron chi connectivity index (χ2n) is 5.51. The predicted molar refractivity (Wildman–Crippen MR) is 86.8 cm³/mol. The largest absolute Gasteiger partial charge is 0.355 e. The highest BCUT2D eigenvalue weighted by Gasteiger charge is 2.26. The molecule has 1 aromatic carbocycles. The standard InChI is InChI=1S/C17H17N5O/c18-9-15-10-20-16(11-19-15)22-8-4-5-13(12-22)17(23)21-14-6-2-1-3-7-14/h1-3,6-7,10-11,13H,4-5,8,12H2,(H,21,23). The Hall–Kier alpha value is -2.94. The van der Waals surface area contributed by atoms with E-state index in [-0.39, 0.29) is 11.8 Å². The average molecular weight is 307 g/mol. The highest BCUT2D eigenvalue weighted by atomic mass is 16.1. The Balaban J connectivity index is 1.65. The van der Waals surface area contributed by atoms with Gasteiger partial charge >= 0.3 is 0 Å². The number of carbonyl (C=O) groups is 1. The molecule has 0 spiro atoms. The molecule has 0 radical (unpaired) electrons. The van der Waals surface area contributed by atoms with Gasteiger partial charge in [0, 0.05) is 18.8 Å². The van der Waals surface area contributed by atoms with Crippen molar-refractivity contribution in [2.75, 3.05) is 23.3 Å². The van der Waals surface area contributed by atoms with Crippen LogP contribution >= 0.6 is 0 Å². The van der Waals surface area contributed by atoms with Crippen LogP contribution in [0.15, 0.2) is 42.7 Å². The highest BCUT2D eigenvalue weighted by molar-refractivity contribution is 5.93. The lowest BCUT2D eigenvalue weighted by Crippen LogP contribution is -2.41. The van der Waals surface area contributed by atoms with Gasteiger partial charge in [-0.25, -0.2) is 9.97 Å². The van der Waals surface area contributed by atoms with Gasteiger partial charge in [0.25, 0.3) is 0 Å². The lowest BCUT2D eigenvalue weighted by atomic mass is 9.97. The van der Waals surface area contributed by atoms with E-state index in [0.717, 1.165) is 25.1 Å². The number of para-hydroxylation sites is 1. The molecule has 1 aliphatic heterocycles. The molecule has 23 heavy (non-hydrogen) atoms. The lowest BCUT2D eigenvalue weighted by molar-refractivity contribution is -0.120. The molecular formula is C17H17N5O. The van der Waals surface area contributed by atoms with Gasteiger partial charge in [-0.2, -0.15) is 5.26 Å². The van der Waals surface area contributed by atoms with Crippen molar-refractivity contribution in [1.82, 2.24) is 9.97 Å². The third kappa shape index (κ3) is 3.64. The molecule has 2 aromatic rings. The van der Waals surface area contributed by atoms with E-state index in [9.17, 15) is 4.79 Å². The molecule has 1 aromatic heterocycles. The number of anilines is 2. The van der Waals surface area contributed by atoms with Crippen molar-refractivity contribution in [3.63, 3.8) is 0 Å². The molecule has 2 heterocycles. The number of piperidine rings is 1. The molecule has 3 rings (SSSR count). The minimum absolute atomic E-state index is 0.0301. The summed E-state index contributed by atoms with van der Waals surface area (Å²) in [4.78, 5) is 22.8. The summed E-state index contributed by atoms with van der Waals surface area (Å²) in [5, 5.41) is 11.7. The van der Waals surface area contributed by atoms with Crippen LogP contribution in [0, 0.1) is 17.2 Å². The van der Waals surface area contributed by atoms with E-state index in [0.29, 0.717) is 18.1 Å². The Morgan fingerprint density at radius 2 is 2.09 bits per heavy atom. The molecule has 6 nitrogen and oxygen atoms in total. The summed E-state index contributed by atoms with van der Waals surface area (Å²) < 4.78 is 0. The van der Waals surface area contributed by atoms with Gasteiger partial charge < -0.3 is 10.2 Å². The molecule has 116 valence electrons. The molecule has 1 atom stereocenters. The van der Waals surface area contributed by atoms with Gasteiger partial charge in [-0.15, -0.1) is 0 Å². The van der Waals surface area contributed by atoms with E-state index in [2.05, 4.69) is 15.3 Å². The fourth-order valence-corrected chi connectivity index (χ4v) is 2.71. The SMILES string of the molecule is N#Cc1cnc(N2CCCC(C(=O)Nc3ccccc3)C2)cn1. The molecule has 1 aliphatic rings. The van der Waals surface area contributed by atoms with E-state index >= 15 is 0 Å². The highest BCUT2D eigenvalue weighted by Crippen LogP contribution is 2.22. The fourth-order valence-electron chi connectivity index (χ4n) is 2.71. The summed E-state index contributed by atoms with van der Waals surface area (Å²) in [6, 6.07) is 11.4. The van der Waals surface area contributed by atoms with Crippen LogP contribution < -0.4 is 10.2 Å². The molecule has 0 saturated carbocycles. The van der Waals surface area contributed by atoms with Crippen molar-refractivity contribution in [3.05, 3.63) is 48.4 Å². The van der Waals surface area contributed by atoms with Crippen molar-refractivity contribution >= 4 is 17.4 Å². The first-order chi connectivity index (χ1) is 11.3. The monoisotopic (exact) mass is 307 g/mol. The van der Waals surface area contributed by atoms with Crippen LogP contribution in [0.3, 0.4) is 0 Å². The second-order valence-corrected chi connectivity index (χ2v) is 5.51. The minimum atomic E-state index is -0.0820. The maximum absolute atomic E-state index is 12.4. The third-order valence-corrected chi connectivity index (χ3v) is 3.91. The molecule has 0 aliphatic carbocycles. The van der Waals surface area contributed by atoms with Gasteiger partial charge in [0.1, 0.15) is 11.9 Å². The summed E-state index contributed by atoms with van der Waals surface area (Å²) >= 11 is 0. The van der Waals surface area contributed by atoms with Crippen molar-refractivity contribution in [3.8, 4) is 6.07 Å². The summed E-state index contributed by atoms with van der Waals surface area (Å²) in [5.74, 6) is 0.658. The number of nitrogens with zero attached hydrogens (tertiary/aromatic N) is 4. The van der Waals surface area contributed by atoms with Crippen LogP contribution in [-0.2, 0) is 4.79 Å². The van der Waals surface area contributed by atoms with E-state index < -0.39 is 0 Å². The van der Waals surface area contributed by atoms with Crippen molar-refractivity contribution < 1.29 is 4.79 Å². The van der Waals surface area contributed by atoms with E-state index in [1.807, 2.05) is 41.3 Å². The van der Waals surface area contributed by atoms with E-state index in [4.69, 9.17) is 5.26 Å². The molecule has 1 amide bonds. The summed E-state index contributed by atoms with van der Waals surface area (Å²) in [5.41, 5.74) is 1.11. The second kappa shape index (κ2) is 6.88. The predicted octanol–water partition coefficient (Wildman–Crippen LogP) is 2.20. The number of hydrogen-bond acceptors (Lipinski definition) is 5. The number of nitriles is 1. The van der Waals surface area contributed by atoms with Crippen molar-refractivity contribution in [1.29, 1.82) is 5.26 Å². The number of aromatic nitrogens is 2. The number of rotatable bonds is 3. The molecule has 0 bridgehead atoms. The number of hydrogen-bond donors (Lipinski definition) is 1. The summed E-state index contributed by atoms with van der Waals surface area (Å²) in [7, 11) is 0. The van der Waals surface area contributed by atoms with Gasteiger partial charge in [-0.05, 0) is 25.0 Å². The lowest BCUT2D eigenvalue weighted by Gasteiger charge is -2.32. The Bertz CT molecular complexity index is 708. The Kier molecular flexibility index (Phi) is 4.48. The van der Waals surface area contributed by atoms with Crippen LogP contribution in [0.5, 0.6) is 0 Å². The van der Waals surface area contributed by atoms with Crippen LogP contribution in [0.1, 0.15) is 18.5 Å². The van der Waals surface area contributed by atoms with Crippen LogP contribution in [0.4, 0.5) is 11.5 Å². The van der Waals surface area contributed by atoms with E-state index in [1.165, 1.54) is 6.20 Å². The van der Waals surface area contributed by atoms with Crippen molar-refractivity contribution in [2.45, 2.75) is 12.8 Å². The first kappa shape index (κ1) is 15.0. The van der Waals surface area contributed by atoms with Crippen LogP contribution in [0.25, 0.3) is 0 Å². The minimum Gasteiger partial charge on any atom is -0.355 e. The van der Waals surface area contributed by atoms with Gasteiger partial charge in [0.15, 0.2) is 5.69 Å². The molecular weight excluding hydrogens is 290 g/mol. The topological polar surface area (TPSA) is 81.9 Å². The zero-order chi connectivity index (χ0) is 16.1. The average Bonchev–Trinajstić information content (AvgIpc) is 2.63. The Labute approximate surface area is 134 Å². The quantitative estimate of drug-likeness (QED) is 0.940. The number of nitrogens with one attached hydrogen (secondary N) is 1. The molecule has 6 heteroatoms. The zero-order valence-electron chi connectivity index (χ0n) is 12.6. The molecule has 1 saturated heterocycles. The van der Waals surface area contributed by atoms with Gasteiger partial charge in [0.05, 0.1) is 18.3 Å². The van der Waals surface area contributed by atoms with Gasteiger partial charge in [-0.3, -0.25) is 4.79 Å². The Morgan fingerprint density at radius 1 is 1.26 bits per heavy atom. The van der Waals surface area contributed by atoms with Gasteiger partial charge in [-0.1, -0.05) is 18.2 Å². The number of amides is 1. The Morgan fingerprint density at radius 3 is 2.78 bits per heavy atom. The third-order valence-electron chi connectivity index (χ3n) is 3.91. The number of carbonyl (C=O) groups excluding carboxylic acids is 1.